The first-order chi connectivity index (χ1) is 19.7. The molecule has 0 aromatic carbocycles. The Labute approximate surface area is 238 Å². The van der Waals surface area contributed by atoms with Crippen LogP contribution < -0.4 is 10.6 Å². The molecule has 1 aromatic heterocycles. The molecule has 1 saturated heterocycles. The molecule has 4 rings (SSSR count). The molecule has 3 amide bonds. The lowest BCUT2D eigenvalue weighted by molar-refractivity contribution is -0.149. The Hall–Kier alpha value is -3.52. The minimum atomic E-state index is -4.61. The molecule has 2 aliphatic carbocycles. The van der Waals surface area contributed by atoms with Crippen LogP contribution in [-0.4, -0.2) is 76.7 Å². The number of halogens is 6. The van der Waals surface area contributed by atoms with Crippen molar-refractivity contribution in [3.63, 3.8) is 0 Å². The third-order valence-electron chi connectivity index (χ3n) is 8.23. The van der Waals surface area contributed by atoms with E-state index >= 15 is 4.39 Å². The van der Waals surface area contributed by atoms with Crippen molar-refractivity contribution < 1.29 is 40.7 Å². The second-order valence-electron chi connectivity index (χ2n) is 11.2. The number of alkyl halides is 6. The summed E-state index contributed by atoms with van der Waals surface area (Å²) in [5.74, 6) is -3.97. The van der Waals surface area contributed by atoms with Gasteiger partial charge in [-0.15, -0.1) is 6.58 Å². The molecular formula is C27H34F6N6O3. The van der Waals surface area contributed by atoms with Crippen LogP contribution in [0.5, 0.6) is 0 Å². The normalized spacial score (nSPS) is 28.4. The van der Waals surface area contributed by atoms with Crippen LogP contribution >= 0.6 is 0 Å². The highest BCUT2D eigenvalue weighted by molar-refractivity contribution is 5.85. The van der Waals surface area contributed by atoms with Crippen molar-refractivity contribution in [3.05, 3.63) is 35.9 Å². The summed E-state index contributed by atoms with van der Waals surface area (Å²) in [6.07, 6.45) is 1.13. The highest BCUT2D eigenvalue weighted by Gasteiger charge is 2.49. The standard InChI is InChI=1S/C27H34F6N6O3/c1-2-6-25(28)7-3-17(4-8-25)22(38-24(41)42-15-18-5-9-26(18,29)30)19-12-35-21(36-19)10-16(11-34)13-39-14-20(27(31,32)33)37-23(39)40/h2,10-12,17-18,20,22,34H,1,3-9,13-15H2,(H,35,36)(H,37,40)(H,38,41)/b16-10+,34-11?/t17?,18?,20-,22-,25?/m0/s1. The number of allylic oxidation sites excluding steroid dienone is 1. The fraction of sp³-hybridized carbons (Fsp3) is 0.630. The lowest BCUT2D eigenvalue weighted by Crippen LogP contribution is -2.43. The summed E-state index contributed by atoms with van der Waals surface area (Å²) >= 11 is 0. The SMILES string of the molecule is C=CCC1(F)CCC([C@H](NC(=O)OCC2CCC2(F)F)c2cnc(/C=C(\C=N)CN3C[C@@H](C(F)(F)F)NC3=O)[nH]2)CC1. The fourth-order valence-electron chi connectivity index (χ4n) is 5.54. The van der Waals surface area contributed by atoms with Gasteiger partial charge in [0.2, 0.25) is 0 Å². The number of aromatic nitrogens is 2. The second-order valence-corrected chi connectivity index (χ2v) is 11.2. The molecular weight excluding hydrogens is 570 g/mol. The summed E-state index contributed by atoms with van der Waals surface area (Å²) in [5, 5.41) is 12.2. The van der Waals surface area contributed by atoms with Crippen LogP contribution in [0, 0.1) is 17.2 Å². The summed E-state index contributed by atoms with van der Waals surface area (Å²) in [5.41, 5.74) is -0.816. The Morgan fingerprint density at radius 1 is 1.26 bits per heavy atom. The van der Waals surface area contributed by atoms with E-state index in [0.29, 0.717) is 18.5 Å². The predicted octanol–water partition coefficient (Wildman–Crippen LogP) is 5.69. The number of rotatable bonds is 11. The van der Waals surface area contributed by atoms with Gasteiger partial charge in [-0.25, -0.2) is 27.7 Å². The molecule has 0 spiro atoms. The van der Waals surface area contributed by atoms with E-state index in [0.717, 1.165) is 11.1 Å². The predicted molar refractivity (Wildman–Crippen MR) is 141 cm³/mol. The van der Waals surface area contributed by atoms with Crippen LogP contribution in [0.15, 0.2) is 24.4 Å². The molecule has 1 aliphatic heterocycles. The zero-order chi connectivity index (χ0) is 30.7. The number of hydrogen-bond donors (Lipinski definition) is 4. The number of urea groups is 1. The highest BCUT2D eigenvalue weighted by Crippen LogP contribution is 2.44. The molecule has 0 bridgehead atoms. The first-order valence-corrected chi connectivity index (χ1v) is 13.7. The maximum absolute atomic E-state index is 15.1. The molecule has 3 fully saturated rings. The summed E-state index contributed by atoms with van der Waals surface area (Å²) in [6, 6.07) is -3.66. The minimum absolute atomic E-state index is 0.184. The number of ether oxygens (including phenoxy) is 1. The molecule has 3 aliphatic rings. The first kappa shape index (κ1) is 31.4. The molecule has 2 heterocycles. The van der Waals surface area contributed by atoms with Gasteiger partial charge in [-0.2, -0.15) is 13.2 Å². The van der Waals surface area contributed by atoms with Gasteiger partial charge in [-0.1, -0.05) is 6.08 Å². The molecule has 0 radical (unpaired) electrons. The van der Waals surface area contributed by atoms with E-state index in [2.05, 4.69) is 21.9 Å². The van der Waals surface area contributed by atoms with Crippen LogP contribution in [0.2, 0.25) is 0 Å². The molecule has 3 atom stereocenters. The van der Waals surface area contributed by atoms with Gasteiger partial charge >= 0.3 is 18.3 Å². The van der Waals surface area contributed by atoms with Gasteiger partial charge in [0.05, 0.1) is 30.4 Å². The van der Waals surface area contributed by atoms with E-state index in [4.69, 9.17) is 10.1 Å². The zero-order valence-electron chi connectivity index (χ0n) is 22.8. The third kappa shape index (κ3) is 7.46. The van der Waals surface area contributed by atoms with Crippen LogP contribution in [0.3, 0.4) is 0 Å². The van der Waals surface area contributed by atoms with Crippen LogP contribution in [0.25, 0.3) is 6.08 Å². The van der Waals surface area contributed by atoms with Crippen molar-refractivity contribution in [2.75, 3.05) is 19.7 Å². The van der Waals surface area contributed by atoms with Gasteiger partial charge in [-0.3, -0.25) is 0 Å². The number of carbonyl (C=O) groups is 2. The van der Waals surface area contributed by atoms with Crippen molar-refractivity contribution >= 4 is 24.4 Å². The number of H-pyrrole nitrogens is 1. The van der Waals surface area contributed by atoms with E-state index in [1.807, 2.05) is 5.32 Å². The smallest absolute Gasteiger partial charge is 0.410 e. The summed E-state index contributed by atoms with van der Waals surface area (Å²) in [6.45, 7) is 2.28. The Morgan fingerprint density at radius 3 is 2.52 bits per heavy atom. The van der Waals surface area contributed by atoms with Crippen molar-refractivity contribution in [1.82, 2.24) is 25.5 Å². The van der Waals surface area contributed by atoms with Crippen molar-refractivity contribution in [2.45, 2.75) is 74.8 Å². The van der Waals surface area contributed by atoms with Crippen molar-refractivity contribution in [1.29, 1.82) is 5.41 Å². The number of alkyl carbamates (subject to hydrolysis) is 1. The number of nitrogens with one attached hydrogen (secondary N) is 4. The monoisotopic (exact) mass is 604 g/mol. The average Bonchev–Trinajstić information content (AvgIpc) is 3.53. The number of aromatic amines is 1. The Bertz CT molecular complexity index is 1190. The second kappa shape index (κ2) is 12.4. The van der Waals surface area contributed by atoms with E-state index in [-0.39, 0.29) is 56.0 Å². The van der Waals surface area contributed by atoms with Gasteiger partial charge in [0, 0.05) is 19.2 Å². The van der Waals surface area contributed by atoms with E-state index in [1.54, 1.807) is 0 Å². The summed E-state index contributed by atoms with van der Waals surface area (Å²) < 4.78 is 86.4. The molecule has 42 heavy (non-hydrogen) atoms. The Kier molecular flexibility index (Phi) is 9.26. The molecule has 1 unspecified atom stereocenters. The number of carbonyl (C=O) groups excluding carboxylic acids is 2. The zero-order valence-corrected chi connectivity index (χ0v) is 22.8. The number of amides is 3. The third-order valence-corrected chi connectivity index (χ3v) is 8.23. The van der Waals surface area contributed by atoms with Crippen molar-refractivity contribution in [2.24, 2.45) is 11.8 Å². The van der Waals surface area contributed by atoms with E-state index < -0.39 is 61.0 Å². The van der Waals surface area contributed by atoms with Gasteiger partial charge in [0.1, 0.15) is 24.1 Å². The Balaban J connectivity index is 1.47. The van der Waals surface area contributed by atoms with Crippen molar-refractivity contribution in [3.8, 4) is 0 Å². The molecule has 2 saturated carbocycles. The number of imidazole rings is 1. The minimum Gasteiger partial charge on any atom is -0.449 e. The Morgan fingerprint density at radius 2 is 1.98 bits per heavy atom. The molecule has 9 nitrogen and oxygen atoms in total. The van der Waals surface area contributed by atoms with Gasteiger partial charge in [0.25, 0.3) is 5.92 Å². The average molecular weight is 605 g/mol. The summed E-state index contributed by atoms with van der Waals surface area (Å²) in [7, 11) is 0. The van der Waals surface area contributed by atoms with Gasteiger partial charge in [0.15, 0.2) is 0 Å². The lowest BCUT2D eigenvalue weighted by atomic mass is 9.75. The number of hydrogen-bond acceptors (Lipinski definition) is 5. The quantitative estimate of drug-likeness (QED) is 0.147. The lowest BCUT2D eigenvalue weighted by Gasteiger charge is -2.37. The maximum atomic E-state index is 15.1. The summed E-state index contributed by atoms with van der Waals surface area (Å²) in [4.78, 5) is 32.8. The number of nitrogens with zero attached hydrogens (tertiary/aromatic N) is 2. The molecule has 1 aromatic rings. The fourth-order valence-corrected chi connectivity index (χ4v) is 5.54. The molecule has 4 N–H and O–H groups in total. The van der Waals surface area contributed by atoms with E-state index in [1.165, 1.54) is 18.3 Å². The molecule has 232 valence electrons. The van der Waals surface area contributed by atoms with Gasteiger partial charge < -0.3 is 30.7 Å². The first-order valence-electron chi connectivity index (χ1n) is 13.7. The van der Waals surface area contributed by atoms with Gasteiger partial charge in [-0.05, 0) is 56.1 Å². The topological polar surface area (TPSA) is 123 Å². The van der Waals surface area contributed by atoms with Crippen LogP contribution in [0.4, 0.5) is 35.9 Å². The highest BCUT2D eigenvalue weighted by atomic mass is 19.4. The largest absolute Gasteiger partial charge is 0.449 e. The maximum Gasteiger partial charge on any atom is 0.410 e. The molecule has 15 heteroatoms. The van der Waals surface area contributed by atoms with E-state index in [9.17, 15) is 31.5 Å². The van der Waals surface area contributed by atoms with Crippen LogP contribution in [0.1, 0.15) is 62.5 Å². The van der Waals surface area contributed by atoms with Crippen LogP contribution in [-0.2, 0) is 4.74 Å².